The van der Waals surface area contributed by atoms with E-state index in [0.29, 0.717) is 5.02 Å². The molecule has 3 nitrogen and oxygen atoms in total. The Kier molecular flexibility index (Phi) is 2.92. The van der Waals surface area contributed by atoms with Crippen molar-refractivity contribution in [2.24, 2.45) is 0 Å². The third-order valence-corrected chi connectivity index (χ3v) is 2.83. The normalized spacial score (nSPS) is 25.8. The molecular weight excluding hydrogens is 223 g/mol. The van der Waals surface area contributed by atoms with E-state index in [1.54, 1.807) is 18.2 Å². The van der Waals surface area contributed by atoms with Crippen LogP contribution in [0.5, 0.6) is 0 Å². The van der Waals surface area contributed by atoms with E-state index < -0.39 is 8.25 Å². The van der Waals surface area contributed by atoms with Crippen molar-refractivity contribution in [3.05, 3.63) is 47.2 Å². The second kappa shape index (κ2) is 4.18. The number of halogens is 1. The van der Waals surface area contributed by atoms with Crippen molar-refractivity contribution >= 4 is 19.9 Å². The van der Waals surface area contributed by atoms with Gasteiger partial charge in [-0.2, -0.15) is 0 Å². The lowest BCUT2D eigenvalue weighted by Crippen LogP contribution is -1.99. The Morgan fingerprint density at radius 1 is 1.43 bits per heavy atom. The number of benzene rings is 1. The highest BCUT2D eigenvalue weighted by atomic mass is 35.5. The van der Waals surface area contributed by atoms with Crippen molar-refractivity contribution < 1.29 is 13.6 Å². The van der Waals surface area contributed by atoms with Crippen molar-refractivity contribution in [3.63, 3.8) is 0 Å². The minimum atomic E-state index is -2.38. The zero-order valence-corrected chi connectivity index (χ0v) is 8.90. The van der Waals surface area contributed by atoms with Crippen LogP contribution >= 0.6 is 19.9 Å². The topological polar surface area (TPSA) is 35.5 Å². The molecule has 0 saturated heterocycles. The molecule has 1 aromatic rings. The summed E-state index contributed by atoms with van der Waals surface area (Å²) in [5.74, 6) is 0. The van der Waals surface area contributed by atoms with Gasteiger partial charge in [-0.05, 0) is 23.8 Å². The van der Waals surface area contributed by atoms with E-state index in [9.17, 15) is 4.57 Å². The molecule has 2 atom stereocenters. The van der Waals surface area contributed by atoms with Gasteiger partial charge in [0.15, 0.2) is 0 Å². The first-order valence-corrected chi connectivity index (χ1v) is 5.65. The van der Waals surface area contributed by atoms with E-state index in [4.69, 9.17) is 16.1 Å². The highest BCUT2D eigenvalue weighted by Crippen LogP contribution is 2.38. The van der Waals surface area contributed by atoms with Gasteiger partial charge in [0.1, 0.15) is 6.10 Å². The van der Waals surface area contributed by atoms with Crippen LogP contribution in [0.3, 0.4) is 0 Å². The first kappa shape index (κ1) is 9.78. The Labute approximate surface area is 87.2 Å². The summed E-state index contributed by atoms with van der Waals surface area (Å²) in [7, 11) is -2.38. The molecule has 0 amide bonds. The van der Waals surface area contributed by atoms with Crippen LogP contribution in [0, 0.1) is 0 Å². The molecule has 0 N–H and O–H groups in total. The first-order chi connectivity index (χ1) is 6.75. The molecule has 0 spiro atoms. The van der Waals surface area contributed by atoms with Crippen molar-refractivity contribution in [2.45, 2.75) is 6.10 Å². The fraction of sp³-hybridized carbons (Fsp3) is 0.111. The van der Waals surface area contributed by atoms with E-state index in [2.05, 4.69) is 4.52 Å². The Bertz CT molecular complexity index is 391. The van der Waals surface area contributed by atoms with E-state index in [-0.39, 0.29) is 6.10 Å². The Hall–Kier alpha value is -0.760. The van der Waals surface area contributed by atoms with Crippen LogP contribution in [-0.2, 0) is 13.6 Å². The maximum absolute atomic E-state index is 11.0. The molecule has 0 saturated carbocycles. The smallest absolute Gasteiger partial charge is 0.368 e. The summed E-state index contributed by atoms with van der Waals surface area (Å²) in [6, 6.07) is 7.23. The molecular formula is C9H8ClO3P. The maximum Gasteiger partial charge on any atom is 0.368 e. The quantitative estimate of drug-likeness (QED) is 0.694. The van der Waals surface area contributed by atoms with Crippen molar-refractivity contribution in [1.29, 1.82) is 0 Å². The van der Waals surface area contributed by atoms with E-state index in [0.717, 1.165) is 5.56 Å². The summed E-state index contributed by atoms with van der Waals surface area (Å²) in [6.07, 6.45) is 2.77. The van der Waals surface area contributed by atoms with Gasteiger partial charge in [0.05, 0.1) is 6.26 Å². The van der Waals surface area contributed by atoms with Crippen LogP contribution < -0.4 is 0 Å². The third kappa shape index (κ3) is 2.18. The molecule has 0 aromatic heterocycles. The zero-order chi connectivity index (χ0) is 9.97. The average Bonchev–Trinajstić information content (AvgIpc) is 2.18. The zero-order valence-electron chi connectivity index (χ0n) is 7.14. The summed E-state index contributed by atoms with van der Waals surface area (Å²) in [5, 5.41) is 0.630. The standard InChI is InChI=1S/C9H8ClO3P/c10-8-3-1-2-7(6-8)9-4-5-12-14(11)13-9/h1-6,9,14H/t9-/m0/s1. The van der Waals surface area contributed by atoms with Crippen molar-refractivity contribution in [3.8, 4) is 0 Å². The molecule has 1 heterocycles. The molecule has 0 aliphatic carbocycles. The summed E-state index contributed by atoms with van der Waals surface area (Å²) < 4.78 is 20.8. The molecule has 74 valence electrons. The molecule has 0 fully saturated rings. The van der Waals surface area contributed by atoms with Gasteiger partial charge in [-0.3, -0.25) is 4.52 Å². The van der Waals surface area contributed by atoms with Crippen LogP contribution in [0.15, 0.2) is 36.6 Å². The van der Waals surface area contributed by atoms with Crippen LogP contribution in [0.25, 0.3) is 0 Å². The minimum Gasteiger partial charge on any atom is -0.434 e. The minimum absolute atomic E-state index is 0.325. The summed E-state index contributed by atoms with van der Waals surface area (Å²) in [5.41, 5.74) is 0.871. The van der Waals surface area contributed by atoms with Gasteiger partial charge in [-0.25, -0.2) is 4.57 Å². The number of hydrogen-bond acceptors (Lipinski definition) is 3. The lowest BCUT2D eigenvalue weighted by Gasteiger charge is -2.17. The third-order valence-electron chi connectivity index (χ3n) is 1.82. The summed E-state index contributed by atoms with van der Waals surface area (Å²) >= 11 is 5.82. The molecule has 1 aliphatic rings. The molecule has 5 heteroatoms. The molecule has 1 aromatic carbocycles. The second-order valence-electron chi connectivity index (χ2n) is 2.79. The van der Waals surface area contributed by atoms with Gasteiger partial charge >= 0.3 is 8.25 Å². The number of rotatable bonds is 1. The summed E-state index contributed by atoms with van der Waals surface area (Å²) in [6.45, 7) is 0. The van der Waals surface area contributed by atoms with E-state index in [1.165, 1.54) is 6.26 Å². The molecule has 0 bridgehead atoms. The Morgan fingerprint density at radius 3 is 3.00 bits per heavy atom. The Morgan fingerprint density at radius 2 is 2.29 bits per heavy atom. The van der Waals surface area contributed by atoms with Crippen molar-refractivity contribution in [1.82, 2.24) is 0 Å². The maximum atomic E-state index is 11.0. The summed E-state index contributed by atoms with van der Waals surface area (Å²) in [4.78, 5) is 0. The first-order valence-electron chi connectivity index (χ1n) is 4.05. The predicted octanol–water partition coefficient (Wildman–Crippen LogP) is 3.33. The monoisotopic (exact) mass is 230 g/mol. The van der Waals surface area contributed by atoms with E-state index in [1.807, 2.05) is 12.1 Å². The van der Waals surface area contributed by atoms with Crippen LogP contribution in [0.1, 0.15) is 11.7 Å². The van der Waals surface area contributed by atoms with Gasteiger partial charge < -0.3 is 4.52 Å². The molecule has 14 heavy (non-hydrogen) atoms. The SMILES string of the molecule is O=[PH]1OC=C[C@@H](c2cccc(Cl)c2)O1. The molecule has 0 radical (unpaired) electrons. The van der Waals surface area contributed by atoms with Gasteiger partial charge in [0, 0.05) is 5.02 Å². The van der Waals surface area contributed by atoms with E-state index >= 15 is 0 Å². The average molecular weight is 231 g/mol. The van der Waals surface area contributed by atoms with Crippen LogP contribution in [0.2, 0.25) is 5.02 Å². The fourth-order valence-corrected chi connectivity index (χ4v) is 2.07. The molecule has 1 unspecified atom stereocenters. The predicted molar refractivity (Wildman–Crippen MR) is 54.5 cm³/mol. The van der Waals surface area contributed by atoms with Crippen LogP contribution in [-0.4, -0.2) is 0 Å². The molecule has 2 rings (SSSR count). The lowest BCUT2D eigenvalue weighted by atomic mass is 10.1. The molecule has 1 aliphatic heterocycles. The van der Waals surface area contributed by atoms with Gasteiger partial charge in [0.2, 0.25) is 0 Å². The Balaban J connectivity index is 2.26. The van der Waals surface area contributed by atoms with Gasteiger partial charge in [-0.15, -0.1) is 0 Å². The van der Waals surface area contributed by atoms with Crippen molar-refractivity contribution in [2.75, 3.05) is 0 Å². The second-order valence-corrected chi connectivity index (χ2v) is 4.20. The van der Waals surface area contributed by atoms with Crippen LogP contribution in [0.4, 0.5) is 0 Å². The largest absolute Gasteiger partial charge is 0.434 e. The highest BCUT2D eigenvalue weighted by molar-refractivity contribution is 7.33. The number of hydrogen-bond donors (Lipinski definition) is 0. The lowest BCUT2D eigenvalue weighted by molar-refractivity contribution is 0.205. The van der Waals surface area contributed by atoms with Gasteiger partial charge in [0.25, 0.3) is 0 Å². The fourth-order valence-electron chi connectivity index (χ4n) is 1.20. The van der Waals surface area contributed by atoms with Gasteiger partial charge in [-0.1, -0.05) is 23.7 Å². The highest BCUT2D eigenvalue weighted by Gasteiger charge is 2.16.